The van der Waals surface area contributed by atoms with Gasteiger partial charge in [0.15, 0.2) is 0 Å². The fourth-order valence-corrected chi connectivity index (χ4v) is 4.48. The third kappa shape index (κ3) is 3.09. The zero-order valence-corrected chi connectivity index (χ0v) is 13.0. The molecular weight excluding hydrogens is 292 g/mol. The molecule has 21 heavy (non-hydrogen) atoms. The largest absolute Gasteiger partial charge is 0.465 e. The van der Waals surface area contributed by atoms with E-state index in [1.54, 1.807) is 12.1 Å². The maximum atomic E-state index is 12.8. The van der Waals surface area contributed by atoms with Crippen LogP contribution in [0, 0.1) is 0 Å². The van der Waals surface area contributed by atoms with Crippen molar-refractivity contribution in [3.05, 3.63) is 29.8 Å². The molecule has 0 amide bonds. The van der Waals surface area contributed by atoms with Crippen LogP contribution in [-0.2, 0) is 14.8 Å². The lowest BCUT2D eigenvalue weighted by Gasteiger charge is -2.35. The number of hydrogen-bond acceptors (Lipinski definition) is 5. The van der Waals surface area contributed by atoms with Gasteiger partial charge in [0.1, 0.15) is 0 Å². The van der Waals surface area contributed by atoms with Crippen molar-refractivity contribution in [3.8, 4) is 0 Å². The molecule has 0 spiro atoms. The molecule has 2 unspecified atom stereocenters. The van der Waals surface area contributed by atoms with Crippen molar-refractivity contribution in [2.75, 3.05) is 13.7 Å². The first-order valence-corrected chi connectivity index (χ1v) is 8.26. The van der Waals surface area contributed by atoms with Crippen molar-refractivity contribution < 1.29 is 17.9 Å². The Hall–Kier alpha value is -1.44. The Labute approximate surface area is 124 Å². The van der Waals surface area contributed by atoms with Gasteiger partial charge in [0.05, 0.1) is 17.6 Å². The molecular formula is C14H20N2O4S. The summed E-state index contributed by atoms with van der Waals surface area (Å²) in [5.41, 5.74) is 5.93. The number of rotatable bonds is 3. The highest BCUT2D eigenvalue weighted by atomic mass is 32.2. The van der Waals surface area contributed by atoms with Crippen LogP contribution in [0.1, 0.15) is 30.1 Å². The first-order chi connectivity index (χ1) is 9.87. The topological polar surface area (TPSA) is 89.7 Å². The molecule has 7 heteroatoms. The number of esters is 1. The zero-order valence-electron chi connectivity index (χ0n) is 12.2. The molecule has 2 N–H and O–H groups in total. The molecule has 0 aliphatic carbocycles. The van der Waals surface area contributed by atoms with Gasteiger partial charge in [0, 0.05) is 18.6 Å². The average molecular weight is 312 g/mol. The number of carbonyl (C=O) groups is 1. The van der Waals surface area contributed by atoms with Crippen molar-refractivity contribution >= 4 is 16.0 Å². The lowest BCUT2D eigenvalue weighted by molar-refractivity contribution is 0.0596. The highest BCUT2D eigenvalue weighted by Gasteiger charge is 2.35. The van der Waals surface area contributed by atoms with Gasteiger partial charge in [0.25, 0.3) is 0 Å². The summed E-state index contributed by atoms with van der Waals surface area (Å²) in [6.45, 7) is 2.19. The van der Waals surface area contributed by atoms with Crippen molar-refractivity contribution in [3.63, 3.8) is 0 Å². The van der Waals surface area contributed by atoms with E-state index in [2.05, 4.69) is 4.74 Å². The maximum Gasteiger partial charge on any atom is 0.339 e. The molecule has 0 bridgehead atoms. The molecule has 1 saturated heterocycles. The number of methoxy groups -OCH3 is 1. The van der Waals surface area contributed by atoms with E-state index in [1.807, 2.05) is 6.92 Å². The molecule has 1 aromatic carbocycles. The SMILES string of the molecule is COC(=O)c1ccccc1S(=O)(=O)N1CCC(N)CC1C. The number of sulfonamides is 1. The molecule has 1 aliphatic rings. The summed E-state index contributed by atoms with van der Waals surface area (Å²) >= 11 is 0. The molecule has 1 aliphatic heterocycles. The van der Waals surface area contributed by atoms with Crippen LogP contribution in [0.3, 0.4) is 0 Å². The van der Waals surface area contributed by atoms with Gasteiger partial charge < -0.3 is 10.5 Å². The fraction of sp³-hybridized carbons (Fsp3) is 0.500. The molecule has 2 atom stereocenters. The van der Waals surface area contributed by atoms with Crippen LogP contribution in [0.15, 0.2) is 29.2 Å². The van der Waals surface area contributed by atoms with E-state index in [9.17, 15) is 13.2 Å². The Balaban J connectivity index is 2.43. The normalized spacial score (nSPS) is 23.8. The molecule has 1 fully saturated rings. The van der Waals surface area contributed by atoms with Crippen LogP contribution in [0.25, 0.3) is 0 Å². The zero-order chi connectivity index (χ0) is 15.6. The monoisotopic (exact) mass is 312 g/mol. The Morgan fingerprint density at radius 3 is 2.67 bits per heavy atom. The first-order valence-electron chi connectivity index (χ1n) is 6.82. The number of piperidine rings is 1. The summed E-state index contributed by atoms with van der Waals surface area (Å²) in [6, 6.07) is 5.93. The van der Waals surface area contributed by atoms with Gasteiger partial charge in [-0.15, -0.1) is 0 Å². The van der Waals surface area contributed by atoms with Gasteiger partial charge in [-0.3, -0.25) is 0 Å². The Bertz CT molecular complexity index is 630. The highest BCUT2D eigenvalue weighted by molar-refractivity contribution is 7.89. The molecule has 0 aromatic heterocycles. The molecule has 0 radical (unpaired) electrons. The quantitative estimate of drug-likeness (QED) is 0.840. The highest BCUT2D eigenvalue weighted by Crippen LogP contribution is 2.27. The second-order valence-corrected chi connectivity index (χ2v) is 7.10. The Morgan fingerprint density at radius 2 is 2.05 bits per heavy atom. The molecule has 1 heterocycles. The van der Waals surface area contributed by atoms with Gasteiger partial charge in [-0.25, -0.2) is 13.2 Å². The summed E-state index contributed by atoms with van der Waals surface area (Å²) in [5.74, 6) is -0.657. The summed E-state index contributed by atoms with van der Waals surface area (Å²) in [5, 5.41) is 0. The lowest BCUT2D eigenvalue weighted by Crippen LogP contribution is -2.48. The molecule has 0 saturated carbocycles. The van der Waals surface area contributed by atoms with Gasteiger partial charge in [-0.05, 0) is 31.9 Å². The number of hydrogen-bond donors (Lipinski definition) is 1. The molecule has 2 rings (SSSR count). The summed E-state index contributed by atoms with van der Waals surface area (Å²) in [4.78, 5) is 11.8. The Morgan fingerprint density at radius 1 is 1.38 bits per heavy atom. The van der Waals surface area contributed by atoms with Crippen LogP contribution < -0.4 is 5.73 Å². The van der Waals surface area contributed by atoms with E-state index in [0.717, 1.165) is 0 Å². The minimum absolute atomic E-state index is 0.0147. The van der Waals surface area contributed by atoms with E-state index in [-0.39, 0.29) is 22.5 Å². The van der Waals surface area contributed by atoms with E-state index < -0.39 is 16.0 Å². The van der Waals surface area contributed by atoms with Crippen LogP contribution in [-0.4, -0.2) is 44.4 Å². The number of nitrogens with two attached hydrogens (primary N) is 1. The first kappa shape index (κ1) is 15.9. The van der Waals surface area contributed by atoms with Gasteiger partial charge in [0.2, 0.25) is 10.0 Å². The van der Waals surface area contributed by atoms with Crippen molar-refractivity contribution in [1.82, 2.24) is 4.31 Å². The van der Waals surface area contributed by atoms with Crippen LogP contribution in [0.5, 0.6) is 0 Å². The van der Waals surface area contributed by atoms with E-state index in [4.69, 9.17) is 5.73 Å². The van der Waals surface area contributed by atoms with E-state index in [0.29, 0.717) is 19.4 Å². The van der Waals surface area contributed by atoms with Crippen LogP contribution >= 0.6 is 0 Å². The number of benzene rings is 1. The van der Waals surface area contributed by atoms with Gasteiger partial charge >= 0.3 is 5.97 Å². The van der Waals surface area contributed by atoms with Gasteiger partial charge in [-0.1, -0.05) is 12.1 Å². The van der Waals surface area contributed by atoms with Crippen molar-refractivity contribution in [1.29, 1.82) is 0 Å². The Kier molecular flexibility index (Phi) is 4.65. The number of ether oxygens (including phenoxy) is 1. The second kappa shape index (κ2) is 6.13. The summed E-state index contributed by atoms with van der Waals surface area (Å²) < 4.78 is 31.7. The minimum atomic E-state index is -3.74. The van der Waals surface area contributed by atoms with Crippen LogP contribution in [0.2, 0.25) is 0 Å². The fourth-order valence-electron chi connectivity index (χ4n) is 2.64. The third-order valence-electron chi connectivity index (χ3n) is 3.73. The number of nitrogens with zero attached hydrogens (tertiary/aromatic N) is 1. The predicted octanol–water partition coefficient (Wildman–Crippen LogP) is 0.974. The minimum Gasteiger partial charge on any atom is -0.465 e. The average Bonchev–Trinajstić information content (AvgIpc) is 2.46. The van der Waals surface area contributed by atoms with E-state index in [1.165, 1.54) is 23.5 Å². The standard InChI is InChI=1S/C14H20N2O4S/c1-10-9-11(15)7-8-16(10)21(18,19)13-6-4-3-5-12(13)14(17)20-2/h3-6,10-11H,7-9,15H2,1-2H3. The predicted molar refractivity (Wildman–Crippen MR) is 78.3 cm³/mol. The summed E-state index contributed by atoms with van der Waals surface area (Å²) in [6.07, 6.45) is 1.23. The molecule has 6 nitrogen and oxygen atoms in total. The second-order valence-electron chi connectivity index (χ2n) is 5.24. The third-order valence-corrected chi connectivity index (χ3v) is 5.81. The van der Waals surface area contributed by atoms with Crippen molar-refractivity contribution in [2.24, 2.45) is 5.73 Å². The van der Waals surface area contributed by atoms with Crippen LogP contribution in [0.4, 0.5) is 0 Å². The number of carbonyl (C=O) groups excluding carboxylic acids is 1. The molecule has 1 aromatic rings. The van der Waals surface area contributed by atoms with Gasteiger partial charge in [-0.2, -0.15) is 4.31 Å². The maximum absolute atomic E-state index is 12.8. The summed E-state index contributed by atoms with van der Waals surface area (Å²) in [7, 11) is -2.51. The molecule has 116 valence electrons. The lowest BCUT2D eigenvalue weighted by atomic mass is 10.0. The van der Waals surface area contributed by atoms with Crippen molar-refractivity contribution in [2.45, 2.75) is 36.7 Å². The van der Waals surface area contributed by atoms with E-state index >= 15 is 0 Å². The smallest absolute Gasteiger partial charge is 0.339 e.